The summed E-state index contributed by atoms with van der Waals surface area (Å²) in [6.45, 7) is 1.69. The lowest BCUT2D eigenvalue weighted by Gasteiger charge is -2.18. The zero-order chi connectivity index (χ0) is 21.2. The monoisotopic (exact) mass is 390 g/mol. The van der Waals surface area contributed by atoms with Gasteiger partial charge in [0.05, 0.1) is 0 Å². The van der Waals surface area contributed by atoms with Crippen molar-refractivity contribution in [2.75, 3.05) is 7.05 Å². The molecular weight excluding hydrogens is 365 g/mol. The van der Waals surface area contributed by atoms with E-state index >= 15 is 0 Å². The molecule has 1 aromatic carbocycles. The van der Waals surface area contributed by atoms with E-state index in [1.54, 1.807) is 20.0 Å². The van der Waals surface area contributed by atoms with E-state index in [2.05, 4.69) is 29.0 Å². The molecule has 28 heavy (non-hydrogen) atoms. The van der Waals surface area contributed by atoms with Crippen molar-refractivity contribution in [1.82, 2.24) is 5.32 Å². The number of nitriles is 1. The molecule has 0 unspecified atom stereocenters. The van der Waals surface area contributed by atoms with Gasteiger partial charge in [-0.2, -0.15) is 5.26 Å². The maximum Gasteiger partial charge on any atom is 0.573 e. The van der Waals surface area contributed by atoms with Crippen LogP contribution in [0.15, 0.2) is 30.0 Å². The van der Waals surface area contributed by atoms with Gasteiger partial charge in [0.15, 0.2) is 0 Å². The van der Waals surface area contributed by atoms with Gasteiger partial charge in [0.1, 0.15) is 17.5 Å². The van der Waals surface area contributed by atoms with E-state index in [0.717, 1.165) is 12.8 Å². The van der Waals surface area contributed by atoms with Crippen molar-refractivity contribution in [3.05, 3.63) is 41.1 Å². The summed E-state index contributed by atoms with van der Waals surface area (Å²) >= 11 is 0. The van der Waals surface area contributed by atoms with E-state index in [0.29, 0.717) is 28.3 Å². The minimum atomic E-state index is -4.76. The average Bonchev–Trinajstić information content (AvgIpc) is 2.68. The molecule has 0 aromatic heterocycles. The Morgan fingerprint density at radius 1 is 1.21 bits per heavy atom. The van der Waals surface area contributed by atoms with E-state index in [1.165, 1.54) is 31.4 Å². The van der Waals surface area contributed by atoms with Gasteiger partial charge in [-0.25, -0.2) is 0 Å². The molecule has 2 rings (SSSR count). The molecule has 1 aliphatic rings. The molecule has 3 nitrogen and oxygen atoms in total. The highest BCUT2D eigenvalue weighted by Crippen LogP contribution is 2.30. The van der Waals surface area contributed by atoms with E-state index in [4.69, 9.17) is 5.26 Å². The van der Waals surface area contributed by atoms with Gasteiger partial charge in [-0.15, -0.1) is 26.0 Å². The van der Waals surface area contributed by atoms with Crippen molar-refractivity contribution in [2.45, 2.75) is 45.4 Å². The number of alkyl halides is 3. The maximum atomic E-state index is 12.7. The number of nitrogens with one attached hydrogen (secondary N) is 1. The lowest BCUT2D eigenvalue weighted by Crippen LogP contribution is -2.17. The number of terminal acetylenes is 1. The first-order chi connectivity index (χ1) is 13.3. The second-order valence-corrected chi connectivity index (χ2v) is 6.46. The highest BCUT2D eigenvalue weighted by molar-refractivity contribution is 5.72. The van der Waals surface area contributed by atoms with Crippen LogP contribution >= 0.6 is 0 Å². The Kier molecular flexibility index (Phi) is 9.18. The largest absolute Gasteiger partial charge is 0.573 e. The van der Waals surface area contributed by atoms with Crippen LogP contribution in [0, 0.1) is 30.1 Å². The van der Waals surface area contributed by atoms with Crippen LogP contribution in [-0.4, -0.2) is 13.4 Å². The predicted octanol–water partition coefficient (Wildman–Crippen LogP) is 5.90. The number of benzene rings is 1. The molecule has 0 spiro atoms. The molecule has 0 amide bonds. The topological polar surface area (TPSA) is 45.0 Å². The summed E-state index contributed by atoms with van der Waals surface area (Å²) in [6.07, 6.45) is 13.0. The Balaban J connectivity index is 0.00000190. The summed E-state index contributed by atoms with van der Waals surface area (Å²) in [5.41, 5.74) is 2.01. The molecule has 0 heterocycles. The SMILES string of the molecule is C#C.CN/C(C#N)=C(\C)c1cc(/C=C/C2CCCCC2)cc(OC(F)(F)F)c1. The number of allylic oxidation sites excluding steroid dienone is 3. The highest BCUT2D eigenvalue weighted by Gasteiger charge is 2.31. The zero-order valence-electron chi connectivity index (χ0n) is 16.1. The Morgan fingerprint density at radius 3 is 2.39 bits per heavy atom. The molecule has 6 heteroatoms. The molecule has 0 atom stereocenters. The van der Waals surface area contributed by atoms with E-state index in [1.807, 2.05) is 12.1 Å². The van der Waals surface area contributed by atoms with Gasteiger partial charge < -0.3 is 10.1 Å². The fourth-order valence-electron chi connectivity index (χ4n) is 3.17. The molecule has 150 valence electrons. The Bertz CT molecular complexity index is 764. The molecule has 1 aromatic rings. The third kappa shape index (κ3) is 7.40. The smallest absolute Gasteiger partial charge is 0.406 e. The fourth-order valence-corrected chi connectivity index (χ4v) is 3.17. The van der Waals surface area contributed by atoms with Crippen molar-refractivity contribution in [2.24, 2.45) is 5.92 Å². The second kappa shape index (κ2) is 11.1. The summed E-state index contributed by atoms with van der Waals surface area (Å²) in [7, 11) is 1.60. The lowest BCUT2D eigenvalue weighted by atomic mass is 9.88. The Labute approximate surface area is 164 Å². The Morgan fingerprint density at radius 2 is 1.86 bits per heavy atom. The van der Waals surface area contributed by atoms with Crippen molar-refractivity contribution in [1.29, 1.82) is 5.26 Å². The molecule has 0 bridgehead atoms. The lowest BCUT2D eigenvalue weighted by molar-refractivity contribution is -0.274. The van der Waals surface area contributed by atoms with Crippen LogP contribution in [0.25, 0.3) is 11.6 Å². The number of ether oxygens (including phenoxy) is 1. The quantitative estimate of drug-likeness (QED) is 0.503. The van der Waals surface area contributed by atoms with E-state index in [-0.39, 0.29) is 5.75 Å². The van der Waals surface area contributed by atoms with Gasteiger partial charge in [-0.1, -0.05) is 31.4 Å². The molecule has 1 saturated carbocycles. The molecule has 0 saturated heterocycles. The van der Waals surface area contributed by atoms with E-state index < -0.39 is 6.36 Å². The first-order valence-corrected chi connectivity index (χ1v) is 9.04. The number of nitrogens with zero attached hydrogens (tertiary/aromatic N) is 1. The first kappa shape index (κ1) is 23.2. The molecule has 1 aliphatic carbocycles. The van der Waals surface area contributed by atoms with E-state index in [9.17, 15) is 13.2 Å². The average molecular weight is 390 g/mol. The van der Waals surface area contributed by atoms with Crippen LogP contribution < -0.4 is 10.1 Å². The van der Waals surface area contributed by atoms with Crippen molar-refractivity contribution in [3.63, 3.8) is 0 Å². The fraction of sp³-hybridized carbons (Fsp3) is 0.409. The first-order valence-electron chi connectivity index (χ1n) is 9.04. The highest BCUT2D eigenvalue weighted by atomic mass is 19.4. The standard InChI is InChI=1S/C20H23F3N2O.C2H2/c1-14(19(13-24)25-2)17-10-16(9-8-15-6-4-3-5-7-15)11-18(12-17)26-20(21,22)23;1-2/h8-12,15,25H,3-7H2,1-2H3;1-2H/b9-8+,19-14+;. The van der Waals surface area contributed by atoms with Crippen LogP contribution in [0.1, 0.15) is 50.2 Å². The van der Waals surface area contributed by atoms with Gasteiger partial charge >= 0.3 is 6.36 Å². The summed E-state index contributed by atoms with van der Waals surface area (Å²) in [4.78, 5) is 0. The number of hydrogen-bond donors (Lipinski definition) is 1. The summed E-state index contributed by atoms with van der Waals surface area (Å²) in [6, 6.07) is 6.45. The van der Waals surface area contributed by atoms with Crippen molar-refractivity contribution in [3.8, 4) is 24.7 Å². The summed E-state index contributed by atoms with van der Waals surface area (Å²) in [5, 5.41) is 11.9. The van der Waals surface area contributed by atoms with Gasteiger partial charge in [0.25, 0.3) is 0 Å². The Hall–Kier alpha value is -2.86. The third-order valence-corrected chi connectivity index (χ3v) is 4.54. The molecule has 1 fully saturated rings. The molecular formula is C22H25F3N2O. The zero-order valence-corrected chi connectivity index (χ0v) is 16.1. The van der Waals surface area contributed by atoms with Crippen molar-refractivity contribution < 1.29 is 17.9 Å². The second-order valence-electron chi connectivity index (χ2n) is 6.46. The number of halogens is 3. The molecule has 0 aliphatic heterocycles. The number of hydrogen-bond acceptors (Lipinski definition) is 3. The van der Waals surface area contributed by atoms with Crippen LogP contribution in [0.4, 0.5) is 13.2 Å². The predicted molar refractivity (Wildman–Crippen MR) is 106 cm³/mol. The van der Waals surface area contributed by atoms with Crippen LogP contribution in [-0.2, 0) is 0 Å². The molecule has 0 radical (unpaired) electrons. The minimum Gasteiger partial charge on any atom is -0.406 e. The maximum absolute atomic E-state index is 12.7. The minimum absolute atomic E-state index is 0.286. The summed E-state index contributed by atoms with van der Waals surface area (Å²) in [5.74, 6) is 0.175. The van der Waals surface area contributed by atoms with Gasteiger partial charge in [-0.3, -0.25) is 0 Å². The van der Waals surface area contributed by atoms with Gasteiger partial charge in [-0.05, 0) is 60.6 Å². The number of rotatable bonds is 5. The molecule has 1 N–H and O–H groups in total. The van der Waals surface area contributed by atoms with Crippen LogP contribution in [0.5, 0.6) is 5.75 Å². The van der Waals surface area contributed by atoms with Crippen LogP contribution in [0.2, 0.25) is 0 Å². The summed E-state index contributed by atoms with van der Waals surface area (Å²) < 4.78 is 42.1. The van der Waals surface area contributed by atoms with Crippen molar-refractivity contribution >= 4 is 11.6 Å². The van der Waals surface area contributed by atoms with Gasteiger partial charge in [0, 0.05) is 7.05 Å². The normalized spacial score (nSPS) is 15.8. The van der Waals surface area contributed by atoms with Gasteiger partial charge in [0.2, 0.25) is 0 Å². The van der Waals surface area contributed by atoms with Crippen LogP contribution in [0.3, 0.4) is 0 Å². The third-order valence-electron chi connectivity index (χ3n) is 4.54.